The zero-order valence-electron chi connectivity index (χ0n) is 17.0. The molecule has 2 amide bonds. The molecule has 1 heterocycles. The average Bonchev–Trinajstić information content (AvgIpc) is 2.81. The smallest absolute Gasteiger partial charge is 0.270 e. The molecule has 0 spiro atoms. The summed E-state index contributed by atoms with van der Waals surface area (Å²) in [6.45, 7) is 1.42. The molecule has 0 N–H and O–H groups in total. The predicted molar refractivity (Wildman–Crippen MR) is 117 cm³/mol. The standard InChI is InChI=1S/C22H20N4O6/c27-21(9-7-17-3-1-5-19(15-17)25(29)30)23-11-13-24(14-12-23)22(28)10-8-18-4-2-6-20(16-18)26(31)32/h1-10,15-16H,11-14H2. The summed E-state index contributed by atoms with van der Waals surface area (Å²) in [6.07, 6.45) is 5.76. The van der Waals surface area contributed by atoms with Crippen LogP contribution in [-0.2, 0) is 9.59 Å². The fourth-order valence-electron chi connectivity index (χ4n) is 3.18. The van der Waals surface area contributed by atoms with E-state index in [1.54, 1.807) is 34.1 Å². The molecule has 0 radical (unpaired) electrons. The maximum absolute atomic E-state index is 12.4. The van der Waals surface area contributed by atoms with Crippen LogP contribution in [0.2, 0.25) is 0 Å². The van der Waals surface area contributed by atoms with Gasteiger partial charge in [0.1, 0.15) is 0 Å². The van der Waals surface area contributed by atoms with Gasteiger partial charge in [-0.1, -0.05) is 24.3 Å². The number of rotatable bonds is 6. The molecule has 2 aromatic rings. The summed E-state index contributed by atoms with van der Waals surface area (Å²) in [5.74, 6) is -0.480. The highest BCUT2D eigenvalue weighted by molar-refractivity contribution is 5.93. The Morgan fingerprint density at radius 2 is 1.09 bits per heavy atom. The number of benzene rings is 2. The number of carbonyl (C=O) groups is 2. The average molecular weight is 436 g/mol. The van der Waals surface area contributed by atoms with Crippen molar-refractivity contribution in [3.8, 4) is 0 Å². The van der Waals surface area contributed by atoms with Crippen LogP contribution in [0.4, 0.5) is 11.4 Å². The number of hydrogen-bond acceptors (Lipinski definition) is 6. The topological polar surface area (TPSA) is 127 Å². The van der Waals surface area contributed by atoms with Gasteiger partial charge in [-0.3, -0.25) is 29.8 Å². The van der Waals surface area contributed by atoms with Gasteiger partial charge in [-0.15, -0.1) is 0 Å². The van der Waals surface area contributed by atoms with E-state index in [9.17, 15) is 29.8 Å². The largest absolute Gasteiger partial charge is 0.336 e. The van der Waals surface area contributed by atoms with Crippen molar-refractivity contribution in [2.24, 2.45) is 0 Å². The molecule has 10 nitrogen and oxygen atoms in total. The second-order valence-electron chi connectivity index (χ2n) is 7.02. The van der Waals surface area contributed by atoms with Gasteiger partial charge in [0.2, 0.25) is 11.8 Å². The van der Waals surface area contributed by atoms with Crippen LogP contribution < -0.4 is 0 Å². The van der Waals surface area contributed by atoms with E-state index in [4.69, 9.17) is 0 Å². The predicted octanol–water partition coefficient (Wildman–Crippen LogP) is 2.90. The van der Waals surface area contributed by atoms with Crippen molar-refractivity contribution in [2.75, 3.05) is 26.2 Å². The number of nitrogens with zero attached hydrogens (tertiary/aromatic N) is 4. The van der Waals surface area contributed by atoms with Crippen molar-refractivity contribution < 1.29 is 19.4 Å². The van der Waals surface area contributed by atoms with Crippen molar-refractivity contribution in [1.82, 2.24) is 9.80 Å². The molecular formula is C22H20N4O6. The van der Waals surface area contributed by atoms with Crippen LogP contribution in [0.1, 0.15) is 11.1 Å². The number of amides is 2. The first kappa shape index (κ1) is 22.3. The second-order valence-corrected chi connectivity index (χ2v) is 7.02. The van der Waals surface area contributed by atoms with Crippen molar-refractivity contribution >= 4 is 35.3 Å². The van der Waals surface area contributed by atoms with Crippen molar-refractivity contribution in [1.29, 1.82) is 0 Å². The lowest BCUT2D eigenvalue weighted by Gasteiger charge is -2.33. The van der Waals surface area contributed by atoms with Crippen LogP contribution in [0.5, 0.6) is 0 Å². The van der Waals surface area contributed by atoms with Gasteiger partial charge in [-0.2, -0.15) is 0 Å². The minimum Gasteiger partial charge on any atom is -0.336 e. The quantitative estimate of drug-likeness (QED) is 0.389. The maximum Gasteiger partial charge on any atom is 0.270 e. The van der Waals surface area contributed by atoms with E-state index in [1.807, 2.05) is 0 Å². The third-order valence-electron chi connectivity index (χ3n) is 4.90. The van der Waals surface area contributed by atoms with Gasteiger partial charge in [0, 0.05) is 62.6 Å². The van der Waals surface area contributed by atoms with E-state index in [1.165, 1.54) is 48.6 Å². The molecule has 0 aromatic heterocycles. The molecule has 0 atom stereocenters. The Hall–Kier alpha value is -4.34. The molecule has 3 rings (SSSR count). The molecule has 0 saturated carbocycles. The van der Waals surface area contributed by atoms with E-state index in [0.29, 0.717) is 37.3 Å². The molecular weight excluding hydrogens is 416 g/mol. The van der Waals surface area contributed by atoms with Crippen LogP contribution >= 0.6 is 0 Å². The molecule has 164 valence electrons. The van der Waals surface area contributed by atoms with Crippen molar-refractivity contribution in [3.63, 3.8) is 0 Å². The summed E-state index contributed by atoms with van der Waals surface area (Å²) >= 11 is 0. The first-order chi connectivity index (χ1) is 15.3. The number of non-ortho nitro benzene ring substituents is 2. The summed E-state index contributed by atoms with van der Waals surface area (Å²) < 4.78 is 0. The van der Waals surface area contributed by atoms with Crippen molar-refractivity contribution in [2.45, 2.75) is 0 Å². The Bertz CT molecular complexity index is 1020. The van der Waals surface area contributed by atoms with Gasteiger partial charge in [-0.05, 0) is 23.3 Å². The normalized spacial score (nSPS) is 14.1. The number of nitro groups is 2. The molecule has 0 bridgehead atoms. The van der Waals surface area contributed by atoms with E-state index in [2.05, 4.69) is 0 Å². The first-order valence-electron chi connectivity index (χ1n) is 9.76. The Kier molecular flexibility index (Phi) is 7.06. The van der Waals surface area contributed by atoms with Gasteiger partial charge in [-0.25, -0.2) is 0 Å². The lowest BCUT2D eigenvalue weighted by Crippen LogP contribution is -2.49. The lowest BCUT2D eigenvalue weighted by atomic mass is 10.2. The maximum atomic E-state index is 12.4. The fraction of sp³-hybridized carbons (Fsp3) is 0.182. The second kappa shape index (κ2) is 10.1. The first-order valence-corrected chi connectivity index (χ1v) is 9.76. The minimum absolute atomic E-state index is 0.0510. The summed E-state index contributed by atoms with van der Waals surface area (Å²) in [6, 6.07) is 12.0. The number of nitro benzene ring substituents is 2. The minimum atomic E-state index is -0.497. The van der Waals surface area contributed by atoms with E-state index in [-0.39, 0.29) is 23.2 Å². The zero-order chi connectivity index (χ0) is 23.1. The summed E-state index contributed by atoms with van der Waals surface area (Å²) in [7, 11) is 0. The Labute approximate surface area is 183 Å². The highest BCUT2D eigenvalue weighted by Crippen LogP contribution is 2.16. The molecule has 10 heteroatoms. The van der Waals surface area contributed by atoms with Crippen LogP contribution in [0, 0.1) is 20.2 Å². The van der Waals surface area contributed by atoms with Crippen LogP contribution in [0.3, 0.4) is 0 Å². The highest BCUT2D eigenvalue weighted by Gasteiger charge is 2.21. The molecule has 0 aliphatic carbocycles. The monoisotopic (exact) mass is 436 g/mol. The summed E-state index contributed by atoms with van der Waals surface area (Å²) in [5.41, 5.74) is 0.995. The third kappa shape index (κ3) is 5.85. The van der Waals surface area contributed by atoms with Gasteiger partial charge in [0.05, 0.1) is 9.85 Å². The van der Waals surface area contributed by atoms with Gasteiger partial charge >= 0.3 is 0 Å². The van der Waals surface area contributed by atoms with Gasteiger partial charge < -0.3 is 9.80 Å². The molecule has 1 aliphatic heterocycles. The van der Waals surface area contributed by atoms with E-state index >= 15 is 0 Å². The van der Waals surface area contributed by atoms with E-state index in [0.717, 1.165) is 0 Å². The molecule has 1 saturated heterocycles. The van der Waals surface area contributed by atoms with Crippen LogP contribution in [-0.4, -0.2) is 57.6 Å². The van der Waals surface area contributed by atoms with Crippen LogP contribution in [0.15, 0.2) is 60.7 Å². The SMILES string of the molecule is O=C(C=Cc1cccc([N+](=O)[O-])c1)N1CCN(C(=O)C=Cc2cccc([N+](=O)[O-])c2)CC1. The molecule has 1 fully saturated rings. The fourth-order valence-corrected chi connectivity index (χ4v) is 3.18. The van der Waals surface area contributed by atoms with Gasteiger partial charge in [0.25, 0.3) is 11.4 Å². The summed E-state index contributed by atoms with van der Waals surface area (Å²) in [4.78, 5) is 48.7. The Morgan fingerprint density at radius 1 is 0.719 bits per heavy atom. The summed E-state index contributed by atoms with van der Waals surface area (Å²) in [5, 5.41) is 21.7. The lowest BCUT2D eigenvalue weighted by molar-refractivity contribution is -0.385. The number of piperazine rings is 1. The highest BCUT2D eigenvalue weighted by atomic mass is 16.6. The molecule has 1 aliphatic rings. The molecule has 0 unspecified atom stereocenters. The number of carbonyl (C=O) groups excluding carboxylic acids is 2. The molecule has 32 heavy (non-hydrogen) atoms. The third-order valence-corrected chi connectivity index (χ3v) is 4.90. The van der Waals surface area contributed by atoms with Gasteiger partial charge in [0.15, 0.2) is 0 Å². The van der Waals surface area contributed by atoms with Crippen molar-refractivity contribution in [3.05, 3.63) is 92.0 Å². The zero-order valence-corrected chi connectivity index (χ0v) is 17.0. The number of hydrogen-bond donors (Lipinski definition) is 0. The van der Waals surface area contributed by atoms with Crippen LogP contribution in [0.25, 0.3) is 12.2 Å². The molecule has 2 aromatic carbocycles. The van der Waals surface area contributed by atoms with E-state index < -0.39 is 9.85 Å². The Morgan fingerprint density at radius 3 is 1.44 bits per heavy atom. The Balaban J connectivity index is 1.53.